The van der Waals surface area contributed by atoms with E-state index < -0.39 is 11.6 Å². The number of nitrogens with two attached hydrogens (primary N) is 1. The summed E-state index contributed by atoms with van der Waals surface area (Å²) in [6.45, 7) is 0. The fourth-order valence-electron chi connectivity index (χ4n) is 2.77. The molecule has 17 heavy (non-hydrogen) atoms. The van der Waals surface area contributed by atoms with E-state index in [0.29, 0.717) is 12.1 Å². The van der Waals surface area contributed by atoms with Crippen molar-refractivity contribution in [2.75, 3.05) is 5.73 Å². The summed E-state index contributed by atoms with van der Waals surface area (Å²) in [6.07, 6.45) is 2.40. The van der Waals surface area contributed by atoms with Crippen LogP contribution in [0.2, 0.25) is 0 Å². The number of carbonyl (C=O) groups excluding carboxylic acids is 2. The minimum atomic E-state index is -0.877. The highest BCUT2D eigenvalue weighted by atomic mass is 16.2. The lowest BCUT2D eigenvalue weighted by atomic mass is 9.76. The van der Waals surface area contributed by atoms with Gasteiger partial charge in [-0.25, -0.2) is 4.79 Å². The molecule has 0 radical (unpaired) electrons. The number of anilines is 1. The largest absolute Gasteiger partial charge is 0.399 e. The molecule has 1 heterocycles. The van der Waals surface area contributed by atoms with E-state index in [0.717, 1.165) is 24.0 Å². The van der Waals surface area contributed by atoms with E-state index >= 15 is 0 Å². The van der Waals surface area contributed by atoms with Crippen LogP contribution in [-0.2, 0) is 16.8 Å². The van der Waals surface area contributed by atoms with Gasteiger partial charge in [0.05, 0.1) is 0 Å². The van der Waals surface area contributed by atoms with Crippen molar-refractivity contribution in [1.29, 1.82) is 0 Å². The highest BCUT2D eigenvalue weighted by Gasteiger charge is 2.49. The molecule has 5 nitrogen and oxygen atoms in total. The van der Waals surface area contributed by atoms with Crippen molar-refractivity contribution in [1.82, 2.24) is 10.6 Å². The summed E-state index contributed by atoms with van der Waals surface area (Å²) in [7, 11) is 0. The molecule has 0 saturated carbocycles. The first-order valence-corrected chi connectivity index (χ1v) is 5.64. The normalized spacial score (nSPS) is 26.6. The van der Waals surface area contributed by atoms with E-state index in [9.17, 15) is 9.59 Å². The lowest BCUT2D eigenvalue weighted by Crippen LogP contribution is -2.46. The Morgan fingerprint density at radius 2 is 2.12 bits per heavy atom. The molecule has 1 aromatic rings. The Morgan fingerprint density at radius 3 is 2.82 bits per heavy atom. The highest BCUT2D eigenvalue weighted by molar-refractivity contribution is 6.07. The molecule has 5 heteroatoms. The number of nitrogen functional groups attached to an aromatic ring is 1. The standard InChI is InChI=1S/C12H13N3O2/c13-8-3-4-9-7(6-8)2-1-5-12(9)10(16)14-11(17)15-12/h3-4,6H,1-2,5,13H2,(H2,14,15,16,17). The second-order valence-corrected chi connectivity index (χ2v) is 4.58. The Labute approximate surface area is 98.4 Å². The summed E-state index contributed by atoms with van der Waals surface area (Å²) < 4.78 is 0. The van der Waals surface area contributed by atoms with Crippen LogP contribution in [0.1, 0.15) is 24.0 Å². The molecule has 4 N–H and O–H groups in total. The van der Waals surface area contributed by atoms with Gasteiger partial charge in [-0.15, -0.1) is 0 Å². The van der Waals surface area contributed by atoms with Crippen molar-refractivity contribution in [2.24, 2.45) is 0 Å². The van der Waals surface area contributed by atoms with Crippen molar-refractivity contribution in [3.8, 4) is 0 Å². The molecule has 2 aliphatic rings. The van der Waals surface area contributed by atoms with E-state index in [-0.39, 0.29) is 5.91 Å². The van der Waals surface area contributed by atoms with Gasteiger partial charge >= 0.3 is 6.03 Å². The van der Waals surface area contributed by atoms with Crippen molar-refractivity contribution in [3.63, 3.8) is 0 Å². The minimum Gasteiger partial charge on any atom is -0.399 e. The monoisotopic (exact) mass is 231 g/mol. The number of imide groups is 1. The van der Waals surface area contributed by atoms with Gasteiger partial charge in [0.15, 0.2) is 0 Å². The predicted molar refractivity (Wildman–Crippen MR) is 62.1 cm³/mol. The van der Waals surface area contributed by atoms with Crippen LogP contribution in [0.4, 0.5) is 10.5 Å². The second kappa shape index (κ2) is 3.23. The first-order valence-electron chi connectivity index (χ1n) is 5.64. The van der Waals surface area contributed by atoms with Crippen molar-refractivity contribution < 1.29 is 9.59 Å². The number of urea groups is 1. The van der Waals surface area contributed by atoms with E-state index in [1.54, 1.807) is 6.07 Å². The SMILES string of the molecule is Nc1ccc2c(c1)CCCC21NC(=O)NC1=O. The molecule has 1 aliphatic carbocycles. The molecular formula is C12H13N3O2. The number of hydrogen-bond acceptors (Lipinski definition) is 3. The van der Waals surface area contributed by atoms with Crippen LogP contribution < -0.4 is 16.4 Å². The number of benzene rings is 1. The third-order valence-corrected chi connectivity index (χ3v) is 3.53. The fourth-order valence-corrected chi connectivity index (χ4v) is 2.77. The van der Waals surface area contributed by atoms with Crippen molar-refractivity contribution in [2.45, 2.75) is 24.8 Å². The van der Waals surface area contributed by atoms with Crippen LogP contribution in [0.25, 0.3) is 0 Å². The molecule has 88 valence electrons. The Hall–Kier alpha value is -2.04. The molecule has 3 amide bonds. The topological polar surface area (TPSA) is 84.2 Å². The first kappa shape index (κ1) is 10.1. The van der Waals surface area contributed by atoms with Gasteiger partial charge < -0.3 is 11.1 Å². The Bertz CT molecular complexity index is 526. The van der Waals surface area contributed by atoms with Crippen LogP contribution in [0.15, 0.2) is 18.2 Å². The maximum atomic E-state index is 12.0. The zero-order valence-corrected chi connectivity index (χ0v) is 9.25. The predicted octanol–water partition coefficient (Wildman–Crippen LogP) is 0.640. The van der Waals surface area contributed by atoms with E-state index in [1.807, 2.05) is 12.1 Å². The molecule has 0 bridgehead atoms. The summed E-state index contributed by atoms with van der Waals surface area (Å²) in [5.74, 6) is -0.256. The van der Waals surface area contributed by atoms with Gasteiger partial charge in [-0.1, -0.05) is 6.07 Å². The van der Waals surface area contributed by atoms with Gasteiger partial charge in [0.1, 0.15) is 5.54 Å². The van der Waals surface area contributed by atoms with Gasteiger partial charge in [0.2, 0.25) is 0 Å². The molecular weight excluding hydrogens is 218 g/mol. The number of carbonyl (C=O) groups is 2. The molecule has 1 spiro atoms. The number of rotatable bonds is 0. The van der Waals surface area contributed by atoms with Gasteiger partial charge in [0.25, 0.3) is 5.91 Å². The molecule has 1 saturated heterocycles. The number of fused-ring (bicyclic) bond motifs is 2. The summed E-state index contributed by atoms with van der Waals surface area (Å²) in [5.41, 5.74) is 7.48. The summed E-state index contributed by atoms with van der Waals surface area (Å²) in [5, 5.41) is 5.07. The van der Waals surface area contributed by atoms with Crippen LogP contribution >= 0.6 is 0 Å². The van der Waals surface area contributed by atoms with E-state index in [4.69, 9.17) is 5.73 Å². The van der Waals surface area contributed by atoms with Crippen LogP contribution in [0.3, 0.4) is 0 Å². The summed E-state index contributed by atoms with van der Waals surface area (Å²) in [6, 6.07) is 5.08. The molecule has 0 aromatic heterocycles. The summed E-state index contributed by atoms with van der Waals surface area (Å²) >= 11 is 0. The minimum absolute atomic E-state index is 0.256. The molecule has 1 fully saturated rings. The maximum absolute atomic E-state index is 12.0. The average molecular weight is 231 g/mol. The lowest BCUT2D eigenvalue weighted by Gasteiger charge is -2.32. The lowest BCUT2D eigenvalue weighted by molar-refractivity contribution is -0.124. The zero-order valence-electron chi connectivity index (χ0n) is 9.25. The Balaban J connectivity index is 2.17. The van der Waals surface area contributed by atoms with Crippen molar-refractivity contribution >= 4 is 17.6 Å². The van der Waals surface area contributed by atoms with E-state index in [2.05, 4.69) is 10.6 Å². The van der Waals surface area contributed by atoms with Crippen LogP contribution in [0, 0.1) is 0 Å². The van der Waals surface area contributed by atoms with Gasteiger partial charge in [-0.2, -0.15) is 0 Å². The number of amides is 3. The van der Waals surface area contributed by atoms with Crippen LogP contribution in [0.5, 0.6) is 0 Å². The quantitative estimate of drug-likeness (QED) is 0.452. The third-order valence-electron chi connectivity index (χ3n) is 3.53. The van der Waals surface area contributed by atoms with Gasteiger partial charge in [-0.3, -0.25) is 10.1 Å². The highest BCUT2D eigenvalue weighted by Crippen LogP contribution is 2.38. The maximum Gasteiger partial charge on any atom is 0.322 e. The first-order chi connectivity index (χ1) is 8.12. The number of hydrogen-bond donors (Lipinski definition) is 3. The molecule has 1 aliphatic heterocycles. The molecule has 1 aromatic carbocycles. The zero-order chi connectivity index (χ0) is 12.0. The van der Waals surface area contributed by atoms with Crippen LogP contribution in [-0.4, -0.2) is 11.9 Å². The second-order valence-electron chi connectivity index (χ2n) is 4.58. The molecule has 3 rings (SSSR count). The summed E-state index contributed by atoms with van der Waals surface area (Å²) in [4.78, 5) is 23.3. The van der Waals surface area contributed by atoms with Gasteiger partial charge in [0, 0.05) is 5.69 Å². The van der Waals surface area contributed by atoms with Gasteiger partial charge in [-0.05, 0) is 42.5 Å². The number of nitrogens with one attached hydrogen (secondary N) is 2. The van der Waals surface area contributed by atoms with Crippen molar-refractivity contribution in [3.05, 3.63) is 29.3 Å². The molecule has 1 atom stereocenters. The Morgan fingerprint density at radius 1 is 1.29 bits per heavy atom. The Kier molecular flexibility index (Phi) is 1.92. The smallest absolute Gasteiger partial charge is 0.322 e. The molecule has 1 unspecified atom stereocenters. The average Bonchev–Trinajstić information content (AvgIpc) is 2.54. The van der Waals surface area contributed by atoms with E-state index in [1.165, 1.54) is 0 Å². The fraction of sp³-hybridized carbons (Fsp3) is 0.333. The third kappa shape index (κ3) is 1.32. The number of aryl methyl sites for hydroxylation is 1.